The zero-order chi connectivity index (χ0) is 20.5. The van der Waals surface area contributed by atoms with Crippen LogP contribution in [0.3, 0.4) is 0 Å². The molecule has 0 aliphatic rings. The first kappa shape index (κ1) is 20.9. The molecule has 0 aromatic heterocycles. The van der Waals surface area contributed by atoms with E-state index in [9.17, 15) is 8.42 Å². The van der Waals surface area contributed by atoms with Crippen LogP contribution in [-0.2, 0) is 21.0 Å². The van der Waals surface area contributed by atoms with Crippen LogP contribution in [0.5, 0.6) is 0 Å². The third kappa shape index (κ3) is 4.78. The van der Waals surface area contributed by atoms with E-state index in [-0.39, 0.29) is 11.2 Å². The fraction of sp³-hybridized carbons (Fsp3) is 0.217. The Balaban J connectivity index is 1.87. The molecule has 5 heteroatoms. The smallest absolute Gasteiger partial charge is 0.182 e. The Morgan fingerprint density at radius 3 is 2.14 bits per heavy atom. The quantitative estimate of drug-likeness (QED) is 0.447. The van der Waals surface area contributed by atoms with E-state index in [1.54, 1.807) is 36.4 Å². The molecule has 28 heavy (non-hydrogen) atoms. The van der Waals surface area contributed by atoms with E-state index in [0.29, 0.717) is 14.9 Å². The zero-order valence-electron chi connectivity index (χ0n) is 16.0. The van der Waals surface area contributed by atoms with Crippen molar-refractivity contribution in [1.82, 2.24) is 0 Å². The molecule has 3 aromatic rings. The van der Waals surface area contributed by atoms with Crippen LogP contribution in [0.15, 0.2) is 71.6 Å². The minimum absolute atomic E-state index is 0.0285. The summed E-state index contributed by atoms with van der Waals surface area (Å²) >= 11 is 12.2. The van der Waals surface area contributed by atoms with Crippen molar-refractivity contribution in [2.75, 3.05) is 0 Å². The highest BCUT2D eigenvalue weighted by Crippen LogP contribution is 2.31. The number of rotatable bonds is 4. The Kier molecular flexibility index (Phi) is 5.90. The van der Waals surface area contributed by atoms with Gasteiger partial charge >= 0.3 is 0 Å². The van der Waals surface area contributed by atoms with Crippen molar-refractivity contribution in [3.8, 4) is 11.1 Å². The van der Waals surface area contributed by atoms with Gasteiger partial charge in [0.25, 0.3) is 0 Å². The predicted octanol–water partition coefficient (Wildman–Crippen LogP) is 6.93. The molecule has 0 atom stereocenters. The van der Waals surface area contributed by atoms with Crippen molar-refractivity contribution >= 4 is 33.0 Å². The normalized spacial score (nSPS) is 12.2. The lowest BCUT2D eigenvalue weighted by molar-refractivity contribution is 0.587. The molecular formula is C23H22Cl2O2S. The second-order valence-corrected chi connectivity index (χ2v) is 10.7. The summed E-state index contributed by atoms with van der Waals surface area (Å²) in [6, 6.07) is 19.8. The number of benzene rings is 3. The fourth-order valence-corrected chi connectivity index (χ4v) is 4.85. The summed E-state index contributed by atoms with van der Waals surface area (Å²) in [6.07, 6.45) is 0. The molecule has 0 bridgehead atoms. The maximum absolute atomic E-state index is 12.9. The Labute approximate surface area is 177 Å². The molecule has 0 spiro atoms. The fourth-order valence-electron chi connectivity index (χ4n) is 3.00. The van der Waals surface area contributed by atoms with Crippen molar-refractivity contribution in [3.63, 3.8) is 0 Å². The van der Waals surface area contributed by atoms with Gasteiger partial charge in [-0.1, -0.05) is 86.4 Å². The summed E-state index contributed by atoms with van der Waals surface area (Å²) in [7, 11) is -3.45. The molecule has 0 aliphatic carbocycles. The summed E-state index contributed by atoms with van der Waals surface area (Å²) in [4.78, 5) is 0.294. The number of sulfone groups is 1. The van der Waals surface area contributed by atoms with Gasteiger partial charge in [0, 0.05) is 15.6 Å². The van der Waals surface area contributed by atoms with Crippen molar-refractivity contribution in [1.29, 1.82) is 0 Å². The molecule has 0 amide bonds. The van der Waals surface area contributed by atoms with E-state index < -0.39 is 9.84 Å². The molecule has 3 aromatic carbocycles. The van der Waals surface area contributed by atoms with E-state index in [4.69, 9.17) is 23.2 Å². The molecule has 0 fully saturated rings. The van der Waals surface area contributed by atoms with Crippen LogP contribution in [-0.4, -0.2) is 8.42 Å². The maximum Gasteiger partial charge on any atom is 0.182 e. The Hall–Kier alpha value is -1.81. The third-order valence-electron chi connectivity index (χ3n) is 4.61. The zero-order valence-corrected chi connectivity index (χ0v) is 18.4. The second kappa shape index (κ2) is 7.90. The lowest BCUT2D eigenvalue weighted by atomic mass is 9.86. The van der Waals surface area contributed by atoms with E-state index in [1.807, 2.05) is 30.3 Å². The molecular weight excluding hydrogens is 411 g/mol. The minimum atomic E-state index is -3.45. The SMILES string of the molecule is CC(C)(C)c1cccc(CS(=O)(=O)c2ccc(-c3ccc(Cl)cc3Cl)cc2)c1. The van der Waals surface area contributed by atoms with Gasteiger partial charge < -0.3 is 0 Å². The summed E-state index contributed by atoms with van der Waals surface area (Å²) in [5.74, 6) is -0.0298. The first-order valence-electron chi connectivity index (χ1n) is 8.94. The van der Waals surface area contributed by atoms with E-state index >= 15 is 0 Å². The maximum atomic E-state index is 12.9. The Morgan fingerprint density at radius 2 is 1.54 bits per heavy atom. The van der Waals surface area contributed by atoms with Gasteiger partial charge in [0.1, 0.15) is 0 Å². The van der Waals surface area contributed by atoms with Gasteiger partial charge in [-0.25, -0.2) is 8.42 Å². The van der Waals surface area contributed by atoms with Gasteiger partial charge in [-0.3, -0.25) is 0 Å². The average Bonchev–Trinajstić information content (AvgIpc) is 2.61. The Morgan fingerprint density at radius 1 is 0.857 bits per heavy atom. The molecule has 0 N–H and O–H groups in total. The first-order valence-corrected chi connectivity index (χ1v) is 11.3. The van der Waals surface area contributed by atoms with E-state index in [1.165, 1.54) is 0 Å². The summed E-state index contributed by atoms with van der Waals surface area (Å²) in [5.41, 5.74) is 3.53. The van der Waals surface area contributed by atoms with Gasteiger partial charge in [0.15, 0.2) is 9.84 Å². The molecule has 0 saturated carbocycles. The van der Waals surface area contributed by atoms with Gasteiger partial charge in [0.2, 0.25) is 0 Å². The van der Waals surface area contributed by atoms with Gasteiger partial charge in [0.05, 0.1) is 10.6 Å². The van der Waals surface area contributed by atoms with Crippen LogP contribution in [0.2, 0.25) is 10.0 Å². The summed E-state index contributed by atoms with van der Waals surface area (Å²) < 4.78 is 25.8. The standard InChI is InChI=1S/C23H22Cl2O2S/c1-23(2,3)18-6-4-5-16(13-18)15-28(26,27)20-10-7-17(8-11-20)21-12-9-19(24)14-22(21)25/h4-14H,15H2,1-3H3. The summed E-state index contributed by atoms with van der Waals surface area (Å²) in [5, 5.41) is 1.09. The lowest BCUT2D eigenvalue weighted by Gasteiger charge is -2.19. The van der Waals surface area contributed by atoms with Crippen LogP contribution in [0.1, 0.15) is 31.9 Å². The predicted molar refractivity (Wildman–Crippen MR) is 118 cm³/mol. The van der Waals surface area contributed by atoms with Crippen molar-refractivity contribution in [2.45, 2.75) is 36.8 Å². The lowest BCUT2D eigenvalue weighted by Crippen LogP contribution is -2.12. The van der Waals surface area contributed by atoms with Gasteiger partial charge in [-0.15, -0.1) is 0 Å². The highest BCUT2D eigenvalue weighted by atomic mass is 35.5. The van der Waals surface area contributed by atoms with E-state index in [2.05, 4.69) is 20.8 Å². The second-order valence-electron chi connectivity index (χ2n) is 7.86. The summed E-state index contributed by atoms with van der Waals surface area (Å²) in [6.45, 7) is 6.34. The Bertz CT molecular complexity index is 1100. The first-order chi connectivity index (χ1) is 13.1. The van der Waals surface area contributed by atoms with Crippen molar-refractivity contribution in [2.24, 2.45) is 0 Å². The molecule has 0 unspecified atom stereocenters. The molecule has 0 heterocycles. The molecule has 146 valence electrons. The molecule has 2 nitrogen and oxygen atoms in total. The van der Waals surface area contributed by atoms with E-state index in [0.717, 1.165) is 22.3 Å². The van der Waals surface area contributed by atoms with Crippen LogP contribution in [0.25, 0.3) is 11.1 Å². The molecule has 0 radical (unpaired) electrons. The minimum Gasteiger partial charge on any atom is -0.223 e. The van der Waals surface area contributed by atoms with Gasteiger partial charge in [-0.05, 0) is 46.4 Å². The van der Waals surface area contributed by atoms with Crippen molar-refractivity contribution in [3.05, 3.63) is 87.9 Å². The van der Waals surface area contributed by atoms with Crippen LogP contribution in [0.4, 0.5) is 0 Å². The van der Waals surface area contributed by atoms with Crippen LogP contribution < -0.4 is 0 Å². The average molecular weight is 433 g/mol. The van der Waals surface area contributed by atoms with Crippen LogP contribution >= 0.6 is 23.2 Å². The third-order valence-corrected chi connectivity index (χ3v) is 6.86. The topological polar surface area (TPSA) is 34.1 Å². The number of hydrogen-bond acceptors (Lipinski definition) is 2. The largest absolute Gasteiger partial charge is 0.223 e. The highest BCUT2D eigenvalue weighted by Gasteiger charge is 2.18. The van der Waals surface area contributed by atoms with Gasteiger partial charge in [-0.2, -0.15) is 0 Å². The number of halogens is 2. The van der Waals surface area contributed by atoms with Crippen LogP contribution in [0, 0.1) is 0 Å². The molecule has 0 aliphatic heterocycles. The monoisotopic (exact) mass is 432 g/mol. The highest BCUT2D eigenvalue weighted by molar-refractivity contribution is 7.90. The number of hydrogen-bond donors (Lipinski definition) is 0. The molecule has 0 saturated heterocycles. The molecule has 3 rings (SSSR count). The van der Waals surface area contributed by atoms with Crippen molar-refractivity contribution < 1.29 is 8.42 Å².